The first-order valence-corrected chi connectivity index (χ1v) is 11.6. The highest BCUT2D eigenvalue weighted by Crippen LogP contribution is 2.36. The number of ether oxygens (including phenoxy) is 2. The third-order valence-electron chi connectivity index (χ3n) is 4.55. The maximum atomic E-state index is 13.1. The number of sulfonamides is 1. The average molecular weight is 476 g/mol. The molecule has 0 atom stereocenters. The highest BCUT2D eigenvalue weighted by atomic mass is 32.2. The number of anilines is 1. The summed E-state index contributed by atoms with van der Waals surface area (Å²) >= 11 is 1.21. The molecule has 0 saturated heterocycles. The van der Waals surface area contributed by atoms with Gasteiger partial charge in [-0.25, -0.2) is 12.8 Å². The Kier molecular flexibility index (Phi) is 5.85. The monoisotopic (exact) mass is 475 g/mol. The first-order chi connectivity index (χ1) is 15.3. The van der Waals surface area contributed by atoms with Crippen molar-refractivity contribution < 1.29 is 26.8 Å². The average Bonchev–Trinajstić information content (AvgIpc) is 3.41. The van der Waals surface area contributed by atoms with Crippen LogP contribution < -0.4 is 14.2 Å². The lowest BCUT2D eigenvalue weighted by Gasteiger charge is -2.12. The quantitative estimate of drug-likeness (QED) is 0.412. The molecular formula is C21H18FN3O5S2. The van der Waals surface area contributed by atoms with Crippen LogP contribution in [0.2, 0.25) is 0 Å². The van der Waals surface area contributed by atoms with E-state index in [0.29, 0.717) is 26.8 Å². The Hall–Kier alpha value is -3.44. The molecule has 0 unspecified atom stereocenters. The van der Waals surface area contributed by atoms with Gasteiger partial charge in [-0.05, 0) is 49.4 Å². The van der Waals surface area contributed by atoms with Crippen LogP contribution in [-0.4, -0.2) is 32.8 Å². The minimum atomic E-state index is -3.93. The second kappa shape index (κ2) is 8.60. The maximum absolute atomic E-state index is 13.1. The minimum absolute atomic E-state index is 0.0805. The number of aromatic nitrogens is 2. The predicted molar refractivity (Wildman–Crippen MR) is 118 cm³/mol. The molecule has 11 heteroatoms. The largest absolute Gasteiger partial charge is 0.497 e. The van der Waals surface area contributed by atoms with Crippen LogP contribution in [0.5, 0.6) is 11.5 Å². The summed E-state index contributed by atoms with van der Waals surface area (Å²) in [6, 6.07) is 11.9. The Bertz CT molecular complexity index is 1360. The van der Waals surface area contributed by atoms with Crippen LogP contribution in [0.15, 0.2) is 57.9 Å². The van der Waals surface area contributed by atoms with Gasteiger partial charge in [0.1, 0.15) is 22.2 Å². The predicted octanol–water partition coefficient (Wildman–Crippen LogP) is 4.73. The van der Waals surface area contributed by atoms with E-state index in [-0.39, 0.29) is 28.1 Å². The highest BCUT2D eigenvalue weighted by Gasteiger charge is 2.24. The number of thiophene rings is 1. The molecular weight excluding hydrogens is 457 g/mol. The van der Waals surface area contributed by atoms with Gasteiger partial charge in [-0.3, -0.25) is 4.72 Å². The molecule has 0 aliphatic heterocycles. The topological polar surface area (TPSA) is 104 Å². The Morgan fingerprint density at radius 1 is 1.06 bits per heavy atom. The van der Waals surface area contributed by atoms with E-state index in [1.807, 2.05) is 0 Å². The number of hydrogen-bond acceptors (Lipinski definition) is 8. The first kappa shape index (κ1) is 21.8. The molecule has 0 aliphatic carbocycles. The SMILES string of the molecule is COc1ccc(NS(=O)(=O)c2cc(-c3nc(-c4ccc(F)cc4)no3)sc2C)c(OC)c1. The van der Waals surface area contributed by atoms with Gasteiger partial charge in [-0.15, -0.1) is 11.3 Å². The fraction of sp³-hybridized carbons (Fsp3) is 0.143. The van der Waals surface area contributed by atoms with Crippen molar-refractivity contribution in [2.75, 3.05) is 18.9 Å². The van der Waals surface area contributed by atoms with E-state index in [1.54, 1.807) is 25.1 Å². The van der Waals surface area contributed by atoms with Crippen molar-refractivity contribution in [3.05, 3.63) is 59.2 Å². The zero-order valence-corrected chi connectivity index (χ0v) is 18.9. The molecule has 8 nitrogen and oxygen atoms in total. The smallest absolute Gasteiger partial charge is 0.268 e. The van der Waals surface area contributed by atoms with Gasteiger partial charge >= 0.3 is 0 Å². The first-order valence-electron chi connectivity index (χ1n) is 9.26. The van der Waals surface area contributed by atoms with Crippen molar-refractivity contribution in [2.24, 2.45) is 0 Å². The number of nitrogens with one attached hydrogen (secondary N) is 1. The van der Waals surface area contributed by atoms with E-state index in [0.717, 1.165) is 0 Å². The van der Waals surface area contributed by atoms with E-state index in [2.05, 4.69) is 14.9 Å². The van der Waals surface area contributed by atoms with Gasteiger partial charge < -0.3 is 14.0 Å². The van der Waals surface area contributed by atoms with Crippen molar-refractivity contribution in [2.45, 2.75) is 11.8 Å². The van der Waals surface area contributed by atoms with Crippen LogP contribution in [0.1, 0.15) is 4.88 Å². The number of rotatable bonds is 7. The standard InChI is InChI=1S/C21H18FN3O5S2/c1-12-19(32(26,27)25-16-9-8-15(28-2)10-17(16)29-3)11-18(31-12)21-23-20(24-30-21)13-4-6-14(22)7-5-13/h4-11,25H,1-3H3. The molecule has 32 heavy (non-hydrogen) atoms. The van der Waals surface area contributed by atoms with E-state index < -0.39 is 10.0 Å². The van der Waals surface area contributed by atoms with Gasteiger partial charge in [0.25, 0.3) is 15.9 Å². The summed E-state index contributed by atoms with van der Waals surface area (Å²) in [4.78, 5) is 5.42. The van der Waals surface area contributed by atoms with Crippen molar-refractivity contribution in [1.82, 2.24) is 10.1 Å². The molecule has 0 aliphatic rings. The molecule has 0 saturated carbocycles. The number of benzene rings is 2. The fourth-order valence-electron chi connectivity index (χ4n) is 2.96. The number of halogens is 1. The third-order valence-corrected chi connectivity index (χ3v) is 7.21. The normalized spacial score (nSPS) is 11.4. The zero-order valence-electron chi connectivity index (χ0n) is 17.2. The third kappa shape index (κ3) is 4.30. The van der Waals surface area contributed by atoms with Crippen LogP contribution in [0.3, 0.4) is 0 Å². The molecule has 2 heterocycles. The molecule has 0 spiro atoms. The van der Waals surface area contributed by atoms with Gasteiger partial charge in [0.15, 0.2) is 0 Å². The van der Waals surface area contributed by atoms with Crippen LogP contribution in [0, 0.1) is 12.7 Å². The lowest BCUT2D eigenvalue weighted by Crippen LogP contribution is -2.13. The molecule has 0 radical (unpaired) electrons. The lowest BCUT2D eigenvalue weighted by atomic mass is 10.2. The Labute approximate surface area is 187 Å². The van der Waals surface area contributed by atoms with Crippen molar-refractivity contribution in [3.63, 3.8) is 0 Å². The zero-order chi connectivity index (χ0) is 22.9. The molecule has 0 bridgehead atoms. The Balaban J connectivity index is 1.63. The molecule has 1 N–H and O–H groups in total. The summed E-state index contributed by atoms with van der Waals surface area (Å²) in [5, 5.41) is 3.90. The van der Waals surface area contributed by atoms with Gasteiger partial charge in [0.2, 0.25) is 5.82 Å². The van der Waals surface area contributed by atoms with Gasteiger partial charge in [-0.1, -0.05) is 5.16 Å². The second-order valence-corrected chi connectivity index (χ2v) is 9.54. The van der Waals surface area contributed by atoms with Crippen molar-refractivity contribution >= 4 is 27.0 Å². The second-order valence-electron chi connectivity index (χ2n) is 6.63. The summed E-state index contributed by atoms with van der Waals surface area (Å²) in [5.41, 5.74) is 0.854. The summed E-state index contributed by atoms with van der Waals surface area (Å²) in [5.74, 6) is 0.925. The Morgan fingerprint density at radius 3 is 2.50 bits per heavy atom. The van der Waals surface area contributed by atoms with Gasteiger partial charge in [-0.2, -0.15) is 4.98 Å². The number of aryl methyl sites for hydroxylation is 1. The van der Waals surface area contributed by atoms with Crippen molar-refractivity contribution in [1.29, 1.82) is 0 Å². The highest BCUT2D eigenvalue weighted by molar-refractivity contribution is 7.93. The molecule has 2 aromatic carbocycles. The van der Waals surface area contributed by atoms with Gasteiger partial charge in [0, 0.05) is 16.5 Å². The number of hydrogen-bond donors (Lipinski definition) is 1. The molecule has 0 fully saturated rings. The summed E-state index contributed by atoms with van der Waals surface area (Å²) in [6.07, 6.45) is 0. The molecule has 166 valence electrons. The number of methoxy groups -OCH3 is 2. The summed E-state index contributed by atoms with van der Waals surface area (Å²) < 4.78 is 57.5. The van der Waals surface area contributed by atoms with E-state index in [1.165, 1.54) is 55.9 Å². The molecule has 0 amide bonds. The van der Waals surface area contributed by atoms with Crippen LogP contribution in [0.4, 0.5) is 10.1 Å². The Morgan fingerprint density at radius 2 is 1.81 bits per heavy atom. The van der Waals surface area contributed by atoms with Gasteiger partial charge in [0.05, 0.1) is 24.8 Å². The lowest BCUT2D eigenvalue weighted by molar-refractivity contribution is 0.395. The molecule has 4 rings (SSSR count). The van der Waals surface area contributed by atoms with Crippen molar-refractivity contribution in [3.8, 4) is 33.7 Å². The number of nitrogens with zero attached hydrogens (tertiary/aromatic N) is 2. The fourth-order valence-corrected chi connectivity index (χ4v) is 5.54. The summed E-state index contributed by atoms with van der Waals surface area (Å²) in [6.45, 7) is 1.69. The maximum Gasteiger partial charge on any atom is 0.268 e. The summed E-state index contributed by atoms with van der Waals surface area (Å²) in [7, 11) is -0.978. The van der Waals surface area contributed by atoms with E-state index in [4.69, 9.17) is 14.0 Å². The van der Waals surface area contributed by atoms with E-state index in [9.17, 15) is 12.8 Å². The van der Waals surface area contributed by atoms with E-state index >= 15 is 0 Å². The molecule has 2 aromatic heterocycles. The van der Waals surface area contributed by atoms with Crippen LogP contribution in [0.25, 0.3) is 22.2 Å². The van der Waals surface area contributed by atoms with Crippen LogP contribution >= 0.6 is 11.3 Å². The minimum Gasteiger partial charge on any atom is -0.497 e. The molecule has 4 aromatic rings. The van der Waals surface area contributed by atoms with Crippen LogP contribution in [-0.2, 0) is 10.0 Å².